The van der Waals surface area contributed by atoms with E-state index >= 15 is 0 Å². The van der Waals surface area contributed by atoms with Gasteiger partial charge in [0.05, 0.1) is 28.6 Å². The summed E-state index contributed by atoms with van der Waals surface area (Å²) in [6, 6.07) is 6.11. The first kappa shape index (κ1) is 21.0. The number of hydrogen-bond donors (Lipinski definition) is 3. The second-order valence-corrected chi connectivity index (χ2v) is 9.44. The number of aromatic amines is 1. The van der Waals surface area contributed by atoms with Gasteiger partial charge in [-0.1, -0.05) is 6.08 Å². The van der Waals surface area contributed by atoms with E-state index in [1.807, 2.05) is 55.3 Å². The number of carbonyl (C=O) groups excluding carboxylic acids is 1. The maximum Gasteiger partial charge on any atom is 0.318 e. The van der Waals surface area contributed by atoms with Gasteiger partial charge in [-0.05, 0) is 57.9 Å². The molecule has 5 rings (SSSR count). The second-order valence-electron chi connectivity index (χ2n) is 9.44. The van der Waals surface area contributed by atoms with Crippen LogP contribution in [0.3, 0.4) is 0 Å². The summed E-state index contributed by atoms with van der Waals surface area (Å²) in [6.45, 7) is 9.21. The lowest BCUT2D eigenvalue weighted by Gasteiger charge is -2.30. The van der Waals surface area contributed by atoms with E-state index in [4.69, 9.17) is 0 Å². The normalized spacial score (nSPS) is 14.5. The highest BCUT2D eigenvalue weighted by atomic mass is 16.2. The van der Waals surface area contributed by atoms with Crippen LogP contribution in [0.4, 0.5) is 16.3 Å². The van der Waals surface area contributed by atoms with E-state index in [0.29, 0.717) is 13.1 Å². The molecular weight excluding hydrogens is 416 g/mol. The van der Waals surface area contributed by atoms with Crippen LogP contribution >= 0.6 is 0 Å². The Kier molecular flexibility index (Phi) is 5.03. The first-order valence-corrected chi connectivity index (χ1v) is 11.1. The number of H-pyrrole nitrogens is 1. The summed E-state index contributed by atoms with van der Waals surface area (Å²) in [4.78, 5) is 30.9. The van der Waals surface area contributed by atoms with Crippen molar-refractivity contribution >= 4 is 39.7 Å². The number of nitrogens with one attached hydrogen (secondary N) is 3. The van der Waals surface area contributed by atoms with Crippen molar-refractivity contribution in [1.82, 2.24) is 34.6 Å². The van der Waals surface area contributed by atoms with E-state index < -0.39 is 0 Å². The molecule has 2 amide bonds. The van der Waals surface area contributed by atoms with Crippen LogP contribution in [0.2, 0.25) is 0 Å². The van der Waals surface area contributed by atoms with Crippen molar-refractivity contribution in [1.29, 1.82) is 0 Å². The molecule has 1 aliphatic heterocycles. The van der Waals surface area contributed by atoms with E-state index in [-0.39, 0.29) is 11.6 Å². The number of amides is 2. The van der Waals surface area contributed by atoms with Crippen LogP contribution < -0.4 is 10.6 Å². The van der Waals surface area contributed by atoms with Gasteiger partial charge in [0.15, 0.2) is 0 Å². The van der Waals surface area contributed by atoms with Gasteiger partial charge in [0.25, 0.3) is 0 Å². The van der Waals surface area contributed by atoms with Crippen LogP contribution in [-0.4, -0.2) is 53.9 Å². The number of aromatic nitrogens is 5. The highest BCUT2D eigenvalue weighted by Crippen LogP contribution is 2.29. The molecule has 0 spiro atoms. The fraction of sp³-hybridized carbons (Fsp3) is 0.333. The van der Waals surface area contributed by atoms with Crippen LogP contribution in [0, 0.1) is 6.92 Å². The molecule has 0 atom stereocenters. The monoisotopic (exact) mass is 444 g/mol. The Morgan fingerprint density at radius 2 is 2.03 bits per heavy atom. The zero-order valence-electron chi connectivity index (χ0n) is 19.3. The molecule has 3 N–H and O–H groups in total. The Hall–Kier alpha value is -3.88. The highest BCUT2D eigenvalue weighted by Gasteiger charge is 2.22. The number of urea groups is 1. The standard InChI is InChI=1S/C24H28N8O/c1-15-20-6-5-17(12-32(20)14-27-15)28-21-18-11-19(29-22(18)26-13-25-21)16-7-9-31(10-8-16)23(33)30-24(2,3)4/h5-7,11-14H,8-10H2,1-4H3,(H,30,33)(H2,25,26,28,29). The van der Waals surface area contributed by atoms with Crippen LogP contribution in [0.25, 0.3) is 22.1 Å². The molecule has 0 fully saturated rings. The summed E-state index contributed by atoms with van der Waals surface area (Å²) < 4.78 is 1.99. The van der Waals surface area contributed by atoms with Gasteiger partial charge >= 0.3 is 6.03 Å². The second kappa shape index (κ2) is 7.91. The van der Waals surface area contributed by atoms with Gasteiger partial charge in [-0.25, -0.2) is 19.7 Å². The Morgan fingerprint density at radius 3 is 2.79 bits per heavy atom. The lowest BCUT2D eigenvalue weighted by atomic mass is 10.0. The molecule has 0 aromatic carbocycles. The first-order valence-electron chi connectivity index (χ1n) is 11.1. The molecule has 0 unspecified atom stereocenters. The molecular formula is C24H28N8O. The zero-order valence-corrected chi connectivity index (χ0v) is 19.3. The van der Waals surface area contributed by atoms with Gasteiger partial charge in [0.2, 0.25) is 0 Å². The third kappa shape index (κ3) is 4.26. The molecule has 0 saturated heterocycles. The number of rotatable bonds is 3. The Balaban J connectivity index is 1.37. The quantitative estimate of drug-likeness (QED) is 0.438. The number of carbonyl (C=O) groups is 1. The minimum absolute atomic E-state index is 0.0307. The largest absolute Gasteiger partial charge is 0.339 e. The van der Waals surface area contributed by atoms with E-state index in [2.05, 4.69) is 42.7 Å². The molecule has 9 heteroatoms. The summed E-state index contributed by atoms with van der Waals surface area (Å²) in [7, 11) is 0. The predicted molar refractivity (Wildman–Crippen MR) is 130 cm³/mol. The van der Waals surface area contributed by atoms with Gasteiger partial charge < -0.3 is 24.9 Å². The first-order chi connectivity index (χ1) is 15.8. The zero-order chi connectivity index (χ0) is 23.2. The topological polar surface area (TPSA) is 103 Å². The molecule has 4 aromatic heterocycles. The fourth-order valence-electron chi connectivity index (χ4n) is 4.06. The van der Waals surface area contributed by atoms with Crippen molar-refractivity contribution in [2.24, 2.45) is 0 Å². The summed E-state index contributed by atoms with van der Waals surface area (Å²) in [5.41, 5.74) is 5.69. The molecule has 170 valence electrons. The van der Waals surface area contributed by atoms with Crippen molar-refractivity contribution in [3.05, 3.63) is 54.5 Å². The van der Waals surface area contributed by atoms with Crippen molar-refractivity contribution < 1.29 is 4.79 Å². The molecule has 0 radical (unpaired) electrons. The molecule has 9 nitrogen and oxygen atoms in total. The number of anilines is 2. The van der Waals surface area contributed by atoms with Gasteiger partial charge in [0, 0.05) is 30.5 Å². The number of imidazole rings is 1. The van der Waals surface area contributed by atoms with Gasteiger partial charge in [0.1, 0.15) is 17.8 Å². The number of nitrogens with zero attached hydrogens (tertiary/aromatic N) is 5. The van der Waals surface area contributed by atoms with Crippen LogP contribution in [0.5, 0.6) is 0 Å². The number of aryl methyl sites for hydroxylation is 1. The smallest absolute Gasteiger partial charge is 0.318 e. The molecule has 0 aliphatic carbocycles. The fourth-order valence-corrected chi connectivity index (χ4v) is 4.06. The maximum atomic E-state index is 12.4. The molecule has 0 saturated carbocycles. The highest BCUT2D eigenvalue weighted by molar-refractivity contribution is 5.92. The predicted octanol–water partition coefficient (Wildman–Crippen LogP) is 4.25. The third-order valence-corrected chi connectivity index (χ3v) is 5.74. The number of fused-ring (bicyclic) bond motifs is 2. The lowest BCUT2D eigenvalue weighted by Crippen LogP contribution is -2.49. The average Bonchev–Trinajstić information content (AvgIpc) is 3.37. The van der Waals surface area contributed by atoms with E-state index in [9.17, 15) is 4.79 Å². The van der Waals surface area contributed by atoms with E-state index in [1.54, 1.807) is 12.7 Å². The third-order valence-electron chi connectivity index (χ3n) is 5.74. The number of hydrogen-bond acceptors (Lipinski definition) is 5. The summed E-state index contributed by atoms with van der Waals surface area (Å²) in [6.07, 6.45) is 8.24. The molecule has 0 bridgehead atoms. The summed E-state index contributed by atoms with van der Waals surface area (Å²) in [5.74, 6) is 0.737. The van der Waals surface area contributed by atoms with Crippen molar-refractivity contribution in [3.63, 3.8) is 0 Å². The van der Waals surface area contributed by atoms with Crippen LogP contribution in [0.15, 0.2) is 43.1 Å². The van der Waals surface area contributed by atoms with Crippen molar-refractivity contribution in [3.8, 4) is 0 Å². The van der Waals surface area contributed by atoms with Gasteiger partial charge in [-0.3, -0.25) is 0 Å². The molecule has 33 heavy (non-hydrogen) atoms. The van der Waals surface area contributed by atoms with E-state index in [0.717, 1.165) is 45.9 Å². The molecule has 1 aliphatic rings. The summed E-state index contributed by atoms with van der Waals surface area (Å²) in [5, 5.41) is 7.35. The van der Waals surface area contributed by atoms with Crippen LogP contribution in [0.1, 0.15) is 38.6 Å². The van der Waals surface area contributed by atoms with Crippen molar-refractivity contribution in [2.45, 2.75) is 39.7 Å². The average molecular weight is 445 g/mol. The van der Waals surface area contributed by atoms with Gasteiger partial charge in [-0.15, -0.1) is 0 Å². The SMILES string of the molecule is Cc1ncn2cc(Nc3ncnc4[nH]c(C5=CCN(C(=O)NC(C)(C)C)CC5)cc34)ccc12. The Bertz CT molecular complexity index is 1370. The number of pyridine rings is 1. The minimum atomic E-state index is -0.248. The van der Waals surface area contributed by atoms with Gasteiger partial charge in [-0.2, -0.15) is 0 Å². The minimum Gasteiger partial charge on any atom is -0.339 e. The van der Waals surface area contributed by atoms with Crippen LogP contribution in [-0.2, 0) is 0 Å². The lowest BCUT2D eigenvalue weighted by molar-refractivity contribution is 0.193. The molecule has 5 heterocycles. The molecule has 4 aromatic rings. The van der Waals surface area contributed by atoms with E-state index in [1.165, 1.54) is 5.57 Å². The Morgan fingerprint density at radius 1 is 1.18 bits per heavy atom. The Labute approximate surface area is 191 Å². The maximum absolute atomic E-state index is 12.4. The van der Waals surface area contributed by atoms with Crippen molar-refractivity contribution in [2.75, 3.05) is 18.4 Å². The summed E-state index contributed by atoms with van der Waals surface area (Å²) >= 11 is 0.